The van der Waals surface area contributed by atoms with Crippen LogP contribution in [0.4, 0.5) is 0 Å². The quantitative estimate of drug-likeness (QED) is 0.649. The summed E-state index contributed by atoms with van der Waals surface area (Å²) in [5.41, 5.74) is 1.23. The topological polar surface area (TPSA) is 0 Å². The van der Waals surface area contributed by atoms with Gasteiger partial charge in [0.1, 0.15) is 0 Å². The van der Waals surface area contributed by atoms with Crippen LogP contribution in [-0.2, 0) is 0 Å². The van der Waals surface area contributed by atoms with Crippen molar-refractivity contribution in [3.8, 4) is 0 Å². The van der Waals surface area contributed by atoms with E-state index in [9.17, 15) is 0 Å². The smallest absolute Gasteiger partial charge is 0.0729 e. The SMILES string of the molecule is ClC[C@H]1Sc2ccccc2[C@@H]1Cl. The molecule has 64 valence electrons. The molecule has 0 amide bonds. The van der Waals surface area contributed by atoms with E-state index in [4.69, 9.17) is 23.2 Å². The van der Waals surface area contributed by atoms with E-state index in [1.807, 2.05) is 12.1 Å². The molecule has 0 radical (unpaired) electrons. The van der Waals surface area contributed by atoms with Crippen LogP contribution < -0.4 is 0 Å². The predicted octanol–water partition coefficient (Wildman–Crippen LogP) is 3.68. The van der Waals surface area contributed by atoms with E-state index in [0.29, 0.717) is 11.1 Å². The van der Waals surface area contributed by atoms with Gasteiger partial charge in [0.25, 0.3) is 0 Å². The molecule has 1 aliphatic heterocycles. The van der Waals surface area contributed by atoms with Crippen molar-refractivity contribution in [1.82, 2.24) is 0 Å². The molecule has 1 heterocycles. The molecule has 0 bridgehead atoms. The second kappa shape index (κ2) is 3.49. The van der Waals surface area contributed by atoms with Crippen molar-refractivity contribution in [1.29, 1.82) is 0 Å². The van der Waals surface area contributed by atoms with Crippen molar-refractivity contribution in [3.05, 3.63) is 29.8 Å². The Morgan fingerprint density at radius 1 is 1.33 bits per heavy atom. The van der Waals surface area contributed by atoms with Crippen LogP contribution in [0.15, 0.2) is 29.2 Å². The Bertz CT molecular complexity index is 288. The number of hydrogen-bond donors (Lipinski definition) is 0. The molecule has 3 heteroatoms. The average Bonchev–Trinajstić information content (AvgIpc) is 2.44. The lowest BCUT2D eigenvalue weighted by Gasteiger charge is -2.07. The van der Waals surface area contributed by atoms with E-state index in [-0.39, 0.29) is 5.38 Å². The molecular formula is C9H8Cl2S. The van der Waals surface area contributed by atoms with Gasteiger partial charge in [-0.3, -0.25) is 0 Å². The molecule has 2 atom stereocenters. The molecule has 0 aromatic heterocycles. The molecule has 0 spiro atoms. The maximum absolute atomic E-state index is 6.20. The lowest BCUT2D eigenvalue weighted by atomic mass is 10.1. The molecule has 0 nitrogen and oxygen atoms in total. The Hall–Kier alpha value is 0.150. The molecular weight excluding hydrogens is 211 g/mol. The van der Waals surface area contributed by atoms with Gasteiger partial charge in [-0.1, -0.05) is 18.2 Å². The second-order valence-electron chi connectivity index (χ2n) is 2.75. The van der Waals surface area contributed by atoms with Gasteiger partial charge in [-0.2, -0.15) is 0 Å². The molecule has 1 aromatic carbocycles. The summed E-state index contributed by atoms with van der Waals surface area (Å²) in [7, 11) is 0. The van der Waals surface area contributed by atoms with Gasteiger partial charge in [0.15, 0.2) is 0 Å². The lowest BCUT2D eigenvalue weighted by Crippen LogP contribution is -2.05. The van der Waals surface area contributed by atoms with Crippen LogP contribution in [0.2, 0.25) is 0 Å². The highest BCUT2D eigenvalue weighted by atomic mass is 35.5. The Kier molecular flexibility index (Phi) is 2.54. The van der Waals surface area contributed by atoms with Crippen LogP contribution in [0.5, 0.6) is 0 Å². The summed E-state index contributed by atoms with van der Waals surface area (Å²) >= 11 is 13.8. The van der Waals surface area contributed by atoms with Crippen LogP contribution in [-0.4, -0.2) is 11.1 Å². The van der Waals surface area contributed by atoms with E-state index in [0.717, 1.165) is 0 Å². The third-order valence-corrected chi connectivity index (χ3v) is 4.54. The van der Waals surface area contributed by atoms with Crippen LogP contribution >= 0.6 is 35.0 Å². The Labute approximate surface area is 86.3 Å². The number of alkyl halides is 2. The van der Waals surface area contributed by atoms with Crippen LogP contribution in [0, 0.1) is 0 Å². The van der Waals surface area contributed by atoms with Crippen molar-refractivity contribution in [2.45, 2.75) is 15.5 Å². The zero-order chi connectivity index (χ0) is 8.55. The maximum Gasteiger partial charge on any atom is 0.0729 e. The highest BCUT2D eigenvalue weighted by Crippen LogP contribution is 2.47. The Balaban J connectivity index is 2.35. The molecule has 0 N–H and O–H groups in total. The zero-order valence-corrected chi connectivity index (χ0v) is 8.66. The largest absolute Gasteiger partial charge is 0.125 e. The van der Waals surface area contributed by atoms with Crippen LogP contribution in [0.3, 0.4) is 0 Å². The monoisotopic (exact) mass is 218 g/mol. The molecule has 0 fully saturated rings. The number of benzene rings is 1. The van der Waals surface area contributed by atoms with E-state index in [2.05, 4.69) is 12.1 Å². The van der Waals surface area contributed by atoms with Crippen LogP contribution in [0.1, 0.15) is 10.9 Å². The summed E-state index contributed by atoms with van der Waals surface area (Å²) in [4.78, 5) is 1.28. The van der Waals surface area contributed by atoms with E-state index in [1.165, 1.54) is 10.5 Å². The fourth-order valence-electron chi connectivity index (χ4n) is 1.35. The van der Waals surface area contributed by atoms with Gasteiger partial charge in [-0.05, 0) is 11.6 Å². The first-order chi connectivity index (χ1) is 5.83. The summed E-state index contributed by atoms with van der Waals surface area (Å²) in [6.45, 7) is 0. The molecule has 12 heavy (non-hydrogen) atoms. The van der Waals surface area contributed by atoms with E-state index >= 15 is 0 Å². The summed E-state index contributed by atoms with van der Waals surface area (Å²) in [6.07, 6.45) is 0. The van der Waals surface area contributed by atoms with E-state index in [1.54, 1.807) is 11.8 Å². The van der Waals surface area contributed by atoms with Crippen molar-refractivity contribution < 1.29 is 0 Å². The van der Waals surface area contributed by atoms with Gasteiger partial charge in [-0.25, -0.2) is 0 Å². The fourth-order valence-corrected chi connectivity index (χ4v) is 3.45. The highest BCUT2D eigenvalue weighted by Gasteiger charge is 2.30. The number of hydrogen-bond acceptors (Lipinski definition) is 1. The van der Waals surface area contributed by atoms with Gasteiger partial charge in [0, 0.05) is 16.0 Å². The molecule has 0 saturated carbocycles. The number of halogens is 2. The second-order valence-corrected chi connectivity index (χ2v) is 4.81. The minimum absolute atomic E-state index is 0.0868. The third kappa shape index (κ3) is 1.34. The van der Waals surface area contributed by atoms with Crippen molar-refractivity contribution >= 4 is 35.0 Å². The summed E-state index contributed by atoms with van der Waals surface area (Å²) < 4.78 is 0. The number of thioether (sulfide) groups is 1. The Morgan fingerprint density at radius 3 is 2.75 bits per heavy atom. The maximum atomic E-state index is 6.20. The van der Waals surface area contributed by atoms with Gasteiger partial charge in [0.2, 0.25) is 0 Å². The number of fused-ring (bicyclic) bond motifs is 1. The lowest BCUT2D eigenvalue weighted by molar-refractivity contribution is 0.926. The van der Waals surface area contributed by atoms with Crippen molar-refractivity contribution in [2.75, 3.05) is 5.88 Å². The fraction of sp³-hybridized carbons (Fsp3) is 0.333. The molecule has 1 aliphatic rings. The van der Waals surface area contributed by atoms with Crippen molar-refractivity contribution in [3.63, 3.8) is 0 Å². The molecule has 1 aromatic rings. The van der Waals surface area contributed by atoms with Gasteiger partial charge < -0.3 is 0 Å². The standard InChI is InChI=1S/C9H8Cl2S/c10-5-8-9(11)6-3-1-2-4-7(6)12-8/h1-4,8-9H,5H2/t8-,9+/m1/s1. The molecule has 0 aliphatic carbocycles. The molecule has 0 saturated heterocycles. The van der Waals surface area contributed by atoms with E-state index < -0.39 is 0 Å². The zero-order valence-electron chi connectivity index (χ0n) is 6.34. The molecule has 2 rings (SSSR count). The van der Waals surface area contributed by atoms with Gasteiger partial charge in [0.05, 0.1) is 5.38 Å². The average molecular weight is 219 g/mol. The van der Waals surface area contributed by atoms with Gasteiger partial charge in [-0.15, -0.1) is 35.0 Å². The third-order valence-electron chi connectivity index (χ3n) is 1.97. The molecule has 0 unspecified atom stereocenters. The predicted molar refractivity (Wildman–Crippen MR) is 55.4 cm³/mol. The van der Waals surface area contributed by atoms with Crippen molar-refractivity contribution in [2.24, 2.45) is 0 Å². The number of rotatable bonds is 1. The normalized spacial score (nSPS) is 27.2. The summed E-state index contributed by atoms with van der Waals surface area (Å²) in [5.74, 6) is 0.619. The summed E-state index contributed by atoms with van der Waals surface area (Å²) in [5, 5.41) is 0.425. The highest BCUT2D eigenvalue weighted by molar-refractivity contribution is 8.00. The Morgan fingerprint density at radius 2 is 2.08 bits per heavy atom. The first-order valence-electron chi connectivity index (χ1n) is 3.78. The van der Waals surface area contributed by atoms with Crippen LogP contribution in [0.25, 0.3) is 0 Å². The first kappa shape index (κ1) is 8.74. The first-order valence-corrected chi connectivity index (χ1v) is 5.63. The van der Waals surface area contributed by atoms with Gasteiger partial charge >= 0.3 is 0 Å². The minimum Gasteiger partial charge on any atom is -0.125 e. The minimum atomic E-state index is 0.0868. The summed E-state index contributed by atoms with van der Waals surface area (Å²) in [6, 6.07) is 8.23.